The van der Waals surface area contributed by atoms with E-state index in [1.165, 1.54) is 69.1 Å². The van der Waals surface area contributed by atoms with E-state index in [4.69, 9.17) is 0 Å². The Morgan fingerprint density at radius 1 is 0.926 bits per heavy atom. The molecule has 1 N–H and O–H groups in total. The molecular formula is C22H38FNOPY+. The number of halogens is 1. The number of amides is 1. The van der Waals surface area contributed by atoms with E-state index in [1.807, 2.05) is 13.8 Å². The number of benzene rings is 1. The molecule has 0 saturated heterocycles. The van der Waals surface area contributed by atoms with Gasteiger partial charge in [-0.15, -0.1) is 0 Å². The van der Waals surface area contributed by atoms with Gasteiger partial charge in [-0.1, -0.05) is 40.0 Å². The average Bonchev–Trinajstić information content (AvgIpc) is 2.59. The van der Waals surface area contributed by atoms with Gasteiger partial charge in [0.15, 0.2) is 0 Å². The SMILES string of the molecule is CCCC[P+](CCCC)(CCCC)CC(=O)Nc1c(C)cc(F)cc1C.[Y]. The number of carbonyl (C=O) groups excluding carboxylic acids is 1. The molecule has 1 radical (unpaired) electrons. The van der Waals surface area contributed by atoms with Gasteiger partial charge in [0, 0.05) is 45.7 Å². The van der Waals surface area contributed by atoms with E-state index in [-0.39, 0.29) is 44.4 Å². The third-order valence-corrected chi connectivity index (χ3v) is 9.95. The molecule has 0 aliphatic rings. The summed E-state index contributed by atoms with van der Waals surface area (Å²) >= 11 is 0. The largest absolute Gasteiger partial charge is 0.322 e. The van der Waals surface area contributed by atoms with Crippen molar-refractivity contribution in [3.63, 3.8) is 0 Å². The smallest absolute Gasteiger partial charge is 0.261 e. The Morgan fingerprint density at radius 3 is 1.70 bits per heavy atom. The van der Waals surface area contributed by atoms with Crippen LogP contribution in [0.15, 0.2) is 12.1 Å². The van der Waals surface area contributed by atoms with Crippen molar-refractivity contribution < 1.29 is 41.9 Å². The third kappa shape index (κ3) is 9.46. The number of unbranched alkanes of at least 4 members (excludes halogenated alkanes) is 3. The number of hydrogen-bond donors (Lipinski definition) is 1. The van der Waals surface area contributed by atoms with Crippen molar-refractivity contribution in [1.29, 1.82) is 0 Å². The molecule has 27 heavy (non-hydrogen) atoms. The van der Waals surface area contributed by atoms with E-state index >= 15 is 0 Å². The zero-order valence-electron chi connectivity index (χ0n) is 18.0. The van der Waals surface area contributed by atoms with E-state index in [0.29, 0.717) is 6.16 Å². The Kier molecular flexibility index (Phi) is 14.3. The Labute approximate surface area is 192 Å². The minimum absolute atomic E-state index is 0. The molecule has 1 aromatic carbocycles. The Balaban J connectivity index is 0.00000676. The predicted octanol–water partition coefficient (Wildman–Crippen LogP) is 6.80. The van der Waals surface area contributed by atoms with Gasteiger partial charge in [-0.3, -0.25) is 4.79 Å². The molecule has 5 heteroatoms. The van der Waals surface area contributed by atoms with Gasteiger partial charge in [0.2, 0.25) is 0 Å². The molecule has 0 saturated carbocycles. The number of carbonyl (C=O) groups is 1. The summed E-state index contributed by atoms with van der Waals surface area (Å²) in [7, 11) is -1.26. The van der Waals surface area contributed by atoms with E-state index in [1.54, 1.807) is 0 Å². The summed E-state index contributed by atoms with van der Waals surface area (Å²) in [5, 5.41) is 3.11. The second-order valence-electron chi connectivity index (χ2n) is 7.69. The summed E-state index contributed by atoms with van der Waals surface area (Å²) in [5.74, 6) is -0.117. The Hall–Kier alpha value is 0.154. The molecule has 0 aliphatic heterocycles. The van der Waals surface area contributed by atoms with Gasteiger partial charge in [0.1, 0.15) is 12.0 Å². The van der Waals surface area contributed by atoms with Gasteiger partial charge in [-0.05, 0) is 56.4 Å². The minimum Gasteiger partial charge on any atom is -0.322 e. The van der Waals surface area contributed by atoms with Crippen LogP contribution in [0.4, 0.5) is 10.1 Å². The fourth-order valence-corrected chi connectivity index (χ4v) is 8.44. The normalized spacial score (nSPS) is 11.2. The first-order valence-corrected chi connectivity index (χ1v) is 12.8. The van der Waals surface area contributed by atoms with Crippen LogP contribution in [0.3, 0.4) is 0 Å². The van der Waals surface area contributed by atoms with Gasteiger partial charge in [0.25, 0.3) is 5.91 Å². The van der Waals surface area contributed by atoms with Crippen LogP contribution in [0.25, 0.3) is 0 Å². The fourth-order valence-electron chi connectivity index (χ4n) is 3.64. The van der Waals surface area contributed by atoms with Gasteiger partial charge in [-0.2, -0.15) is 0 Å². The molecule has 0 aromatic heterocycles. The van der Waals surface area contributed by atoms with E-state index < -0.39 is 7.26 Å². The second kappa shape index (κ2) is 14.2. The zero-order chi connectivity index (χ0) is 19.6. The average molecular weight is 471 g/mol. The quantitative estimate of drug-likeness (QED) is 0.334. The molecule has 0 atom stereocenters. The van der Waals surface area contributed by atoms with E-state index in [9.17, 15) is 9.18 Å². The molecule has 2 nitrogen and oxygen atoms in total. The maximum Gasteiger partial charge on any atom is 0.261 e. The van der Waals surface area contributed by atoms with Crippen LogP contribution in [-0.4, -0.2) is 30.6 Å². The van der Waals surface area contributed by atoms with Gasteiger partial charge < -0.3 is 5.32 Å². The van der Waals surface area contributed by atoms with Crippen molar-refractivity contribution >= 4 is 18.9 Å². The Morgan fingerprint density at radius 2 is 1.33 bits per heavy atom. The number of anilines is 1. The topological polar surface area (TPSA) is 29.1 Å². The summed E-state index contributed by atoms with van der Waals surface area (Å²) in [6, 6.07) is 2.99. The first-order valence-electron chi connectivity index (χ1n) is 10.3. The molecular weight excluding hydrogens is 433 g/mol. The van der Waals surface area contributed by atoms with Crippen molar-refractivity contribution in [1.82, 2.24) is 0 Å². The van der Waals surface area contributed by atoms with Crippen LogP contribution in [-0.2, 0) is 37.5 Å². The standard InChI is InChI=1S/C22H37FNOP.Y/c1-6-9-12-26(13-10-7-2,14-11-8-3)17-21(25)24-22-18(4)15-20(23)16-19(22)5;/h15-16H,6-14,17H2,1-5H3;/p+1. The van der Waals surface area contributed by atoms with Gasteiger partial charge in [-0.25, -0.2) is 4.39 Å². The monoisotopic (exact) mass is 471 g/mol. The Bertz CT molecular complexity index is 535. The maximum atomic E-state index is 13.5. The summed E-state index contributed by atoms with van der Waals surface area (Å²) in [6.07, 6.45) is 11.6. The van der Waals surface area contributed by atoms with Crippen molar-refractivity contribution in [2.75, 3.05) is 30.0 Å². The maximum absolute atomic E-state index is 13.5. The molecule has 1 aromatic rings. The minimum atomic E-state index is -1.26. The van der Waals surface area contributed by atoms with Crippen LogP contribution in [0.2, 0.25) is 0 Å². The first kappa shape index (κ1) is 27.2. The van der Waals surface area contributed by atoms with Crippen molar-refractivity contribution in [2.45, 2.75) is 73.1 Å². The molecule has 0 bridgehead atoms. The zero-order valence-corrected chi connectivity index (χ0v) is 21.8. The van der Waals surface area contributed by atoms with E-state index in [2.05, 4.69) is 26.1 Å². The van der Waals surface area contributed by atoms with Gasteiger partial charge >= 0.3 is 0 Å². The molecule has 0 aliphatic carbocycles. The molecule has 0 heterocycles. The summed E-state index contributed by atoms with van der Waals surface area (Å²) < 4.78 is 13.5. The van der Waals surface area contributed by atoms with Crippen LogP contribution >= 0.6 is 7.26 Å². The van der Waals surface area contributed by atoms with E-state index in [0.717, 1.165) is 16.8 Å². The number of nitrogens with one attached hydrogen (secondary N) is 1. The summed E-state index contributed by atoms with van der Waals surface area (Å²) in [5.41, 5.74) is 2.39. The molecule has 151 valence electrons. The molecule has 0 unspecified atom stereocenters. The first-order chi connectivity index (χ1) is 12.4. The van der Waals surface area contributed by atoms with Crippen LogP contribution in [0.5, 0.6) is 0 Å². The molecule has 1 amide bonds. The van der Waals surface area contributed by atoms with Crippen molar-refractivity contribution in [3.05, 3.63) is 29.1 Å². The van der Waals surface area contributed by atoms with Crippen LogP contribution in [0, 0.1) is 19.7 Å². The van der Waals surface area contributed by atoms with Gasteiger partial charge in [0.05, 0.1) is 18.5 Å². The van der Waals surface area contributed by atoms with Crippen molar-refractivity contribution in [3.8, 4) is 0 Å². The van der Waals surface area contributed by atoms with Crippen LogP contribution < -0.4 is 5.32 Å². The molecule has 1 rings (SSSR count). The predicted molar refractivity (Wildman–Crippen MR) is 116 cm³/mol. The third-order valence-electron chi connectivity index (χ3n) is 5.20. The summed E-state index contributed by atoms with van der Waals surface area (Å²) in [4.78, 5) is 12.9. The number of hydrogen-bond acceptors (Lipinski definition) is 1. The molecule has 0 fully saturated rings. The second-order valence-corrected chi connectivity index (χ2v) is 12.0. The fraction of sp³-hybridized carbons (Fsp3) is 0.682. The molecule has 0 spiro atoms. The number of aryl methyl sites for hydroxylation is 2. The van der Waals surface area contributed by atoms with Crippen LogP contribution in [0.1, 0.15) is 70.4 Å². The number of rotatable bonds is 12. The summed E-state index contributed by atoms with van der Waals surface area (Å²) in [6.45, 7) is 10.4. The van der Waals surface area contributed by atoms with Crippen molar-refractivity contribution in [2.24, 2.45) is 0 Å².